The van der Waals surface area contributed by atoms with Gasteiger partial charge < -0.3 is 10.2 Å². The molecule has 1 aromatic carbocycles. The molecule has 2 aromatic rings. The highest BCUT2D eigenvalue weighted by molar-refractivity contribution is 7.15. The van der Waals surface area contributed by atoms with Crippen molar-refractivity contribution >= 4 is 29.7 Å². The Kier molecular flexibility index (Phi) is 7.69. The lowest BCUT2D eigenvalue weighted by molar-refractivity contribution is -0.138. The third-order valence-corrected chi connectivity index (χ3v) is 6.04. The van der Waals surface area contributed by atoms with E-state index in [-0.39, 0.29) is 24.4 Å². The second kappa shape index (κ2) is 9.54. The molecule has 0 atom stereocenters. The summed E-state index contributed by atoms with van der Waals surface area (Å²) >= 11 is 1.80. The number of nitrogens with zero attached hydrogens (tertiary/aromatic N) is 1. The monoisotopic (exact) mass is 392 g/mol. The van der Waals surface area contributed by atoms with E-state index in [1.165, 1.54) is 20.9 Å². The van der Waals surface area contributed by atoms with Gasteiger partial charge in [0.25, 0.3) is 0 Å². The van der Waals surface area contributed by atoms with Crippen molar-refractivity contribution in [1.82, 2.24) is 10.2 Å². The van der Waals surface area contributed by atoms with E-state index >= 15 is 0 Å². The van der Waals surface area contributed by atoms with Crippen LogP contribution in [0.5, 0.6) is 0 Å². The molecule has 0 unspecified atom stereocenters. The molecule has 0 saturated carbocycles. The van der Waals surface area contributed by atoms with E-state index in [1.54, 1.807) is 11.3 Å². The number of carbonyl (C=O) groups is 1. The lowest BCUT2D eigenvalue weighted by Gasteiger charge is -2.32. The molecule has 0 radical (unpaired) electrons. The van der Waals surface area contributed by atoms with Gasteiger partial charge in [-0.2, -0.15) is 0 Å². The Morgan fingerprint density at radius 3 is 2.42 bits per heavy atom. The summed E-state index contributed by atoms with van der Waals surface area (Å²) in [7, 11) is 0. The maximum atomic E-state index is 13.0. The van der Waals surface area contributed by atoms with E-state index < -0.39 is 0 Å². The molecule has 2 heterocycles. The number of piperidine rings is 1. The standard InChI is InChI=1S/C21H28N2OS.ClH/c1-15(2)23(21(24)18-10-12-22-13-11-18)14-19-8-9-20(25-19)17-6-4-16(3)5-7-17;/h4-9,15,18,22H,10-14H2,1-3H3;1H. The lowest BCUT2D eigenvalue weighted by atomic mass is 9.96. The van der Waals surface area contributed by atoms with Gasteiger partial charge in [0.2, 0.25) is 5.91 Å². The van der Waals surface area contributed by atoms with Crippen LogP contribution in [0, 0.1) is 12.8 Å². The number of thiophene rings is 1. The average molecular weight is 393 g/mol. The van der Waals surface area contributed by atoms with Gasteiger partial charge in [-0.05, 0) is 64.4 Å². The van der Waals surface area contributed by atoms with Crippen LogP contribution < -0.4 is 5.32 Å². The zero-order valence-corrected chi connectivity index (χ0v) is 17.5. The summed E-state index contributed by atoms with van der Waals surface area (Å²) in [4.78, 5) is 17.5. The van der Waals surface area contributed by atoms with Crippen LogP contribution in [0.2, 0.25) is 0 Å². The third-order valence-electron chi connectivity index (χ3n) is 4.92. The SMILES string of the molecule is Cc1ccc(-c2ccc(CN(C(=O)C3CCNCC3)C(C)C)s2)cc1.Cl. The van der Waals surface area contributed by atoms with Crippen LogP contribution in [0.25, 0.3) is 10.4 Å². The zero-order chi connectivity index (χ0) is 17.8. The molecule has 0 bridgehead atoms. The van der Waals surface area contributed by atoms with Crippen LogP contribution in [0.15, 0.2) is 36.4 Å². The van der Waals surface area contributed by atoms with Crippen molar-refractivity contribution < 1.29 is 4.79 Å². The summed E-state index contributed by atoms with van der Waals surface area (Å²) in [5.74, 6) is 0.502. The maximum absolute atomic E-state index is 13.0. The molecular formula is C21H29ClN2OS. The molecule has 1 aromatic heterocycles. The highest BCUT2D eigenvalue weighted by Gasteiger charge is 2.27. The summed E-state index contributed by atoms with van der Waals surface area (Å²) < 4.78 is 0. The molecular weight excluding hydrogens is 364 g/mol. The zero-order valence-electron chi connectivity index (χ0n) is 15.8. The Morgan fingerprint density at radius 2 is 1.81 bits per heavy atom. The minimum absolute atomic E-state index is 0. The molecule has 1 aliphatic rings. The summed E-state index contributed by atoms with van der Waals surface area (Å²) in [5.41, 5.74) is 2.53. The lowest BCUT2D eigenvalue weighted by Crippen LogP contribution is -2.43. The fraction of sp³-hybridized carbons (Fsp3) is 0.476. The number of rotatable bonds is 5. The predicted octanol–water partition coefficient (Wildman–Crippen LogP) is 4.88. The Morgan fingerprint density at radius 1 is 1.15 bits per heavy atom. The number of hydrogen-bond acceptors (Lipinski definition) is 3. The van der Waals surface area contributed by atoms with Gasteiger partial charge in [-0.15, -0.1) is 23.7 Å². The molecule has 3 nitrogen and oxygen atoms in total. The minimum Gasteiger partial charge on any atom is -0.335 e. The number of aryl methyl sites for hydroxylation is 1. The number of benzene rings is 1. The van der Waals surface area contributed by atoms with Crippen molar-refractivity contribution in [3.63, 3.8) is 0 Å². The van der Waals surface area contributed by atoms with Gasteiger partial charge >= 0.3 is 0 Å². The Hall–Kier alpha value is -1.36. The molecule has 142 valence electrons. The Bertz CT molecular complexity index is 705. The fourth-order valence-electron chi connectivity index (χ4n) is 3.32. The van der Waals surface area contributed by atoms with Crippen molar-refractivity contribution in [3.8, 4) is 10.4 Å². The van der Waals surface area contributed by atoms with Crippen LogP contribution in [-0.4, -0.2) is 29.9 Å². The first kappa shape index (κ1) is 20.9. The number of amides is 1. The first-order chi connectivity index (χ1) is 12.0. The summed E-state index contributed by atoms with van der Waals surface area (Å²) in [6.07, 6.45) is 1.92. The molecule has 0 spiro atoms. The highest BCUT2D eigenvalue weighted by Crippen LogP contribution is 2.30. The van der Waals surface area contributed by atoms with Crippen LogP contribution in [0.1, 0.15) is 37.1 Å². The molecule has 1 saturated heterocycles. The van der Waals surface area contributed by atoms with Crippen LogP contribution in [0.4, 0.5) is 0 Å². The summed E-state index contributed by atoms with van der Waals surface area (Å²) in [5, 5.41) is 3.34. The molecule has 26 heavy (non-hydrogen) atoms. The molecule has 0 aliphatic carbocycles. The first-order valence-corrected chi connectivity index (χ1v) is 10.0. The Balaban J connectivity index is 0.00000243. The molecule has 1 amide bonds. The van der Waals surface area contributed by atoms with Gasteiger partial charge in [-0.1, -0.05) is 29.8 Å². The second-order valence-electron chi connectivity index (χ2n) is 7.22. The van der Waals surface area contributed by atoms with Crippen molar-refractivity contribution in [2.75, 3.05) is 13.1 Å². The first-order valence-electron chi connectivity index (χ1n) is 9.21. The van der Waals surface area contributed by atoms with Crippen molar-refractivity contribution in [2.24, 2.45) is 5.92 Å². The number of nitrogens with one attached hydrogen (secondary N) is 1. The molecule has 1 N–H and O–H groups in total. The van der Waals surface area contributed by atoms with E-state index in [0.29, 0.717) is 5.91 Å². The quantitative estimate of drug-likeness (QED) is 0.786. The van der Waals surface area contributed by atoms with Crippen LogP contribution in [0.3, 0.4) is 0 Å². The van der Waals surface area contributed by atoms with Gasteiger partial charge in [-0.3, -0.25) is 4.79 Å². The van der Waals surface area contributed by atoms with Gasteiger partial charge in [0.15, 0.2) is 0 Å². The number of hydrogen-bond donors (Lipinski definition) is 1. The van der Waals surface area contributed by atoms with E-state index in [9.17, 15) is 4.79 Å². The predicted molar refractivity (Wildman–Crippen MR) is 113 cm³/mol. The largest absolute Gasteiger partial charge is 0.335 e. The van der Waals surface area contributed by atoms with E-state index in [0.717, 1.165) is 32.5 Å². The fourth-order valence-corrected chi connectivity index (χ4v) is 4.33. The van der Waals surface area contributed by atoms with E-state index in [2.05, 4.69) is 67.4 Å². The molecule has 1 fully saturated rings. The van der Waals surface area contributed by atoms with Gasteiger partial charge in [0.05, 0.1) is 6.54 Å². The molecule has 3 rings (SSSR count). The second-order valence-corrected chi connectivity index (χ2v) is 8.38. The smallest absolute Gasteiger partial charge is 0.226 e. The highest BCUT2D eigenvalue weighted by atomic mass is 35.5. The average Bonchev–Trinajstić information content (AvgIpc) is 3.09. The van der Waals surface area contributed by atoms with E-state index in [4.69, 9.17) is 0 Å². The van der Waals surface area contributed by atoms with Gasteiger partial charge in [0.1, 0.15) is 0 Å². The van der Waals surface area contributed by atoms with Crippen molar-refractivity contribution in [2.45, 2.75) is 46.2 Å². The maximum Gasteiger partial charge on any atom is 0.226 e. The summed E-state index contributed by atoms with van der Waals surface area (Å²) in [6.45, 7) is 8.98. The van der Waals surface area contributed by atoms with Crippen molar-refractivity contribution in [1.29, 1.82) is 0 Å². The van der Waals surface area contributed by atoms with Gasteiger partial charge in [-0.25, -0.2) is 0 Å². The molecule has 1 aliphatic heterocycles. The van der Waals surface area contributed by atoms with Crippen LogP contribution in [-0.2, 0) is 11.3 Å². The van der Waals surface area contributed by atoms with Crippen molar-refractivity contribution in [3.05, 3.63) is 46.8 Å². The minimum atomic E-state index is 0. The van der Waals surface area contributed by atoms with Crippen LogP contribution >= 0.6 is 23.7 Å². The Labute approximate surface area is 167 Å². The number of carbonyl (C=O) groups excluding carboxylic acids is 1. The number of halogens is 1. The normalized spacial score (nSPS) is 14.9. The topological polar surface area (TPSA) is 32.3 Å². The summed E-state index contributed by atoms with van der Waals surface area (Å²) in [6, 6.07) is 13.2. The van der Waals surface area contributed by atoms with Gasteiger partial charge in [0, 0.05) is 21.7 Å². The molecule has 5 heteroatoms. The van der Waals surface area contributed by atoms with E-state index in [1.807, 2.05) is 0 Å². The third kappa shape index (κ3) is 5.09.